The van der Waals surface area contributed by atoms with Crippen molar-refractivity contribution in [3.63, 3.8) is 0 Å². The number of benzene rings is 1. The first kappa shape index (κ1) is 12.9. The molecule has 5 heteroatoms. The predicted octanol–water partition coefficient (Wildman–Crippen LogP) is 0.451. The van der Waals surface area contributed by atoms with Gasteiger partial charge in [-0.1, -0.05) is 11.8 Å². The van der Waals surface area contributed by atoms with E-state index in [4.69, 9.17) is 9.84 Å². The number of nitrogens with zero attached hydrogens (tertiary/aromatic N) is 1. The number of anilines is 1. The highest BCUT2D eigenvalue weighted by Crippen LogP contribution is 2.31. The van der Waals surface area contributed by atoms with Crippen molar-refractivity contribution in [2.45, 2.75) is 25.0 Å². The van der Waals surface area contributed by atoms with Crippen LogP contribution in [0.1, 0.15) is 18.4 Å². The lowest BCUT2D eigenvalue weighted by molar-refractivity contribution is -0.146. The van der Waals surface area contributed by atoms with E-state index in [1.54, 1.807) is 24.3 Å². The second-order valence-electron chi connectivity index (χ2n) is 4.71. The average molecular weight is 271 g/mol. The molecule has 2 unspecified atom stereocenters. The van der Waals surface area contributed by atoms with E-state index in [1.807, 2.05) is 0 Å². The van der Waals surface area contributed by atoms with Crippen LogP contribution in [-0.4, -0.2) is 35.7 Å². The Morgan fingerprint density at radius 1 is 1.15 bits per heavy atom. The summed E-state index contributed by atoms with van der Waals surface area (Å²) < 4.78 is 5.36. The zero-order valence-corrected chi connectivity index (χ0v) is 10.7. The summed E-state index contributed by atoms with van der Waals surface area (Å²) in [7, 11) is 0. The van der Waals surface area contributed by atoms with E-state index in [9.17, 15) is 9.59 Å². The molecule has 5 nitrogen and oxygen atoms in total. The smallest absolute Gasteiger partial charge is 0.262 e. The topological polar surface area (TPSA) is 66.8 Å². The summed E-state index contributed by atoms with van der Waals surface area (Å²) in [4.78, 5) is 25.5. The van der Waals surface area contributed by atoms with Gasteiger partial charge in [0.25, 0.3) is 11.8 Å². The molecule has 2 bridgehead atoms. The molecule has 2 amide bonds. The summed E-state index contributed by atoms with van der Waals surface area (Å²) in [6, 6.07) is 6.80. The number of ether oxygens (including phenoxy) is 1. The molecule has 0 aliphatic carbocycles. The Labute approximate surface area is 116 Å². The first-order valence-electron chi connectivity index (χ1n) is 6.44. The fourth-order valence-electron chi connectivity index (χ4n) is 2.49. The molecule has 0 spiro atoms. The Balaban J connectivity index is 1.88. The monoisotopic (exact) mass is 271 g/mol. The molecule has 2 aliphatic heterocycles. The Bertz CT molecular complexity index is 589. The number of hydrogen-bond acceptors (Lipinski definition) is 4. The number of carbonyl (C=O) groups is 2. The Hall–Kier alpha value is -2.16. The Kier molecular flexibility index (Phi) is 3.26. The van der Waals surface area contributed by atoms with Gasteiger partial charge in [-0.3, -0.25) is 9.59 Å². The van der Waals surface area contributed by atoms with Crippen LogP contribution in [0.2, 0.25) is 0 Å². The van der Waals surface area contributed by atoms with E-state index in [2.05, 4.69) is 11.8 Å². The van der Waals surface area contributed by atoms with Gasteiger partial charge < -0.3 is 9.84 Å². The number of fused-ring (bicyclic) bond motifs is 2. The molecule has 1 aromatic rings. The van der Waals surface area contributed by atoms with Gasteiger partial charge in [-0.2, -0.15) is 0 Å². The minimum absolute atomic E-state index is 0.203. The summed E-state index contributed by atoms with van der Waals surface area (Å²) in [6.45, 7) is -0.203. The predicted molar refractivity (Wildman–Crippen MR) is 70.8 cm³/mol. The number of aliphatic hydroxyl groups is 1. The lowest BCUT2D eigenvalue weighted by atomic mass is 10.1. The summed E-state index contributed by atoms with van der Waals surface area (Å²) in [5.41, 5.74) is 1.26. The van der Waals surface area contributed by atoms with E-state index in [0.29, 0.717) is 18.5 Å². The zero-order chi connectivity index (χ0) is 14.1. The van der Waals surface area contributed by atoms with Gasteiger partial charge in [0.15, 0.2) is 0 Å². The largest absolute Gasteiger partial charge is 0.384 e. The number of aliphatic hydroxyl groups excluding tert-OH is 1. The Morgan fingerprint density at radius 2 is 1.75 bits per heavy atom. The number of rotatable bonds is 1. The van der Waals surface area contributed by atoms with Crippen LogP contribution < -0.4 is 4.90 Å². The Morgan fingerprint density at radius 3 is 2.30 bits per heavy atom. The van der Waals surface area contributed by atoms with Crippen LogP contribution in [0.3, 0.4) is 0 Å². The highest BCUT2D eigenvalue weighted by Gasteiger charge is 2.46. The van der Waals surface area contributed by atoms with Crippen molar-refractivity contribution >= 4 is 17.5 Å². The molecule has 2 aliphatic rings. The molecule has 20 heavy (non-hydrogen) atoms. The third kappa shape index (κ3) is 2.09. The lowest BCUT2D eigenvalue weighted by Gasteiger charge is -2.29. The quantitative estimate of drug-likeness (QED) is 0.595. The van der Waals surface area contributed by atoms with Gasteiger partial charge in [0.05, 0.1) is 5.69 Å². The maximum Gasteiger partial charge on any atom is 0.262 e. The summed E-state index contributed by atoms with van der Waals surface area (Å²) in [6.07, 6.45) is 0.218. The molecule has 2 heterocycles. The molecule has 0 aromatic heterocycles. The van der Waals surface area contributed by atoms with E-state index in [1.165, 1.54) is 4.90 Å². The fourth-order valence-corrected chi connectivity index (χ4v) is 2.49. The second-order valence-corrected chi connectivity index (χ2v) is 4.71. The molecule has 0 saturated carbocycles. The summed E-state index contributed by atoms with van der Waals surface area (Å²) in [5, 5.41) is 8.64. The molecule has 2 saturated heterocycles. The van der Waals surface area contributed by atoms with Gasteiger partial charge in [0.2, 0.25) is 0 Å². The molecule has 3 rings (SSSR count). The zero-order valence-electron chi connectivity index (χ0n) is 10.7. The lowest BCUT2D eigenvalue weighted by Crippen LogP contribution is -2.52. The van der Waals surface area contributed by atoms with Crippen LogP contribution in [-0.2, 0) is 14.3 Å². The van der Waals surface area contributed by atoms with Gasteiger partial charge in [-0.15, -0.1) is 0 Å². The van der Waals surface area contributed by atoms with Crippen molar-refractivity contribution < 1.29 is 19.4 Å². The van der Waals surface area contributed by atoms with Gasteiger partial charge in [-0.25, -0.2) is 4.90 Å². The third-order valence-electron chi connectivity index (χ3n) is 3.45. The van der Waals surface area contributed by atoms with E-state index < -0.39 is 12.2 Å². The molecule has 2 atom stereocenters. The van der Waals surface area contributed by atoms with Crippen molar-refractivity contribution in [3.8, 4) is 11.8 Å². The van der Waals surface area contributed by atoms with Crippen molar-refractivity contribution in [1.82, 2.24) is 0 Å². The molecule has 1 N–H and O–H groups in total. The third-order valence-corrected chi connectivity index (χ3v) is 3.45. The van der Waals surface area contributed by atoms with Crippen molar-refractivity contribution in [1.29, 1.82) is 0 Å². The molecule has 0 radical (unpaired) electrons. The fraction of sp³-hybridized carbons (Fsp3) is 0.333. The molecular formula is C15H13NO4. The van der Waals surface area contributed by atoms with Crippen LogP contribution in [0.25, 0.3) is 0 Å². The van der Waals surface area contributed by atoms with Crippen LogP contribution in [0.5, 0.6) is 0 Å². The van der Waals surface area contributed by atoms with E-state index in [-0.39, 0.29) is 18.4 Å². The van der Waals surface area contributed by atoms with Crippen molar-refractivity contribution in [3.05, 3.63) is 29.8 Å². The van der Waals surface area contributed by atoms with Crippen molar-refractivity contribution in [2.24, 2.45) is 0 Å². The highest BCUT2D eigenvalue weighted by molar-refractivity contribution is 6.19. The van der Waals surface area contributed by atoms with Crippen LogP contribution in [0.15, 0.2) is 24.3 Å². The maximum absolute atomic E-state index is 12.2. The standard InChI is InChI=1S/C15H13NO4/c17-9-1-2-10-3-5-11(6-4-10)16-14(18)12-7-8-13(20-12)15(16)19/h3-6,12-13,17H,7-9H2. The number of carbonyl (C=O) groups excluding carboxylic acids is 2. The van der Waals surface area contributed by atoms with Gasteiger partial charge in [0, 0.05) is 5.56 Å². The number of amides is 2. The van der Waals surface area contributed by atoms with Crippen LogP contribution in [0.4, 0.5) is 5.69 Å². The first-order chi connectivity index (χ1) is 9.70. The summed E-state index contributed by atoms with van der Waals surface area (Å²) in [5.74, 6) is 4.72. The SMILES string of the molecule is O=C1C2CCC(O2)C(=O)N1c1ccc(C#CCO)cc1. The number of morpholine rings is 1. The average Bonchev–Trinajstić information content (AvgIpc) is 2.92. The van der Waals surface area contributed by atoms with Crippen LogP contribution in [0, 0.1) is 11.8 Å². The first-order valence-corrected chi connectivity index (χ1v) is 6.44. The minimum Gasteiger partial charge on any atom is -0.384 e. The number of imide groups is 1. The van der Waals surface area contributed by atoms with Crippen LogP contribution >= 0.6 is 0 Å². The van der Waals surface area contributed by atoms with Gasteiger partial charge >= 0.3 is 0 Å². The summed E-state index contributed by atoms with van der Waals surface area (Å²) >= 11 is 0. The minimum atomic E-state index is -0.494. The normalized spacial score (nSPS) is 24.6. The van der Waals surface area contributed by atoms with Crippen molar-refractivity contribution in [2.75, 3.05) is 11.5 Å². The van der Waals surface area contributed by atoms with E-state index >= 15 is 0 Å². The maximum atomic E-state index is 12.2. The number of hydrogen-bond donors (Lipinski definition) is 1. The van der Waals surface area contributed by atoms with E-state index in [0.717, 1.165) is 5.56 Å². The highest BCUT2D eigenvalue weighted by atomic mass is 16.5. The van der Waals surface area contributed by atoms with Gasteiger partial charge in [-0.05, 0) is 37.1 Å². The van der Waals surface area contributed by atoms with Gasteiger partial charge in [0.1, 0.15) is 18.8 Å². The second kappa shape index (κ2) is 5.08. The molecule has 1 aromatic carbocycles. The molecule has 2 fully saturated rings. The molecular weight excluding hydrogens is 258 g/mol. The molecule has 102 valence electrons.